The minimum absolute atomic E-state index is 0.177. The van der Waals surface area contributed by atoms with Gasteiger partial charge in [0.15, 0.2) is 0 Å². The zero-order valence-electron chi connectivity index (χ0n) is 14.5. The number of hydrogen-bond acceptors (Lipinski definition) is 3. The van der Waals surface area contributed by atoms with E-state index in [1.807, 2.05) is 0 Å². The van der Waals surface area contributed by atoms with Crippen LogP contribution in [0.4, 0.5) is 13.2 Å². The second-order valence-electron chi connectivity index (χ2n) is 7.59. The van der Waals surface area contributed by atoms with Gasteiger partial charge in [-0.15, -0.1) is 13.2 Å². The summed E-state index contributed by atoms with van der Waals surface area (Å²) < 4.78 is 47.1. The van der Waals surface area contributed by atoms with Gasteiger partial charge in [-0.05, 0) is 68.1 Å². The Hall–Kier alpha value is -1.76. The van der Waals surface area contributed by atoms with E-state index in [0.717, 1.165) is 38.5 Å². The van der Waals surface area contributed by atoms with E-state index in [1.54, 1.807) is 6.07 Å². The number of carboxylic acids is 1. The summed E-state index contributed by atoms with van der Waals surface area (Å²) in [5.41, 5.74) is 0.609. The molecule has 2 saturated carbocycles. The normalized spacial score (nSPS) is 27.7. The zero-order valence-corrected chi connectivity index (χ0v) is 14.5. The van der Waals surface area contributed by atoms with Crippen LogP contribution in [0.3, 0.4) is 0 Å². The predicted octanol–water partition coefficient (Wildman–Crippen LogP) is 5.06. The van der Waals surface area contributed by atoms with E-state index in [4.69, 9.17) is 9.84 Å². The molecule has 2 bridgehead atoms. The van der Waals surface area contributed by atoms with Crippen LogP contribution < -0.4 is 4.74 Å². The number of carboxylic acid groups (broad SMARTS) is 1. The Morgan fingerprint density at radius 2 is 1.92 bits per heavy atom. The molecule has 26 heavy (non-hydrogen) atoms. The van der Waals surface area contributed by atoms with Crippen molar-refractivity contribution in [3.05, 3.63) is 29.8 Å². The third-order valence-corrected chi connectivity index (χ3v) is 5.69. The van der Waals surface area contributed by atoms with E-state index < -0.39 is 12.3 Å². The van der Waals surface area contributed by atoms with Crippen molar-refractivity contribution in [2.24, 2.45) is 5.41 Å². The Bertz CT molecular complexity index is 648. The number of carbonyl (C=O) groups is 1. The average molecular weight is 372 g/mol. The Balaban J connectivity index is 1.54. The van der Waals surface area contributed by atoms with Crippen molar-refractivity contribution in [1.29, 1.82) is 0 Å². The molecule has 0 radical (unpaired) electrons. The zero-order chi connectivity index (χ0) is 18.8. The number of rotatable bonds is 8. The van der Waals surface area contributed by atoms with E-state index in [9.17, 15) is 18.0 Å². The molecular weight excluding hydrogens is 349 g/mol. The Labute approximate surface area is 150 Å². The maximum Gasteiger partial charge on any atom is 0.573 e. The van der Waals surface area contributed by atoms with Crippen molar-refractivity contribution >= 4 is 5.97 Å². The molecule has 2 aliphatic rings. The number of fused-ring (bicyclic) bond motifs is 2. The second-order valence-corrected chi connectivity index (χ2v) is 7.59. The molecule has 144 valence electrons. The van der Waals surface area contributed by atoms with Gasteiger partial charge in [-0.3, -0.25) is 4.79 Å². The quantitative estimate of drug-likeness (QED) is 0.693. The Morgan fingerprint density at radius 1 is 1.19 bits per heavy atom. The molecule has 7 heteroatoms. The van der Waals surface area contributed by atoms with Crippen LogP contribution in [0.15, 0.2) is 24.3 Å². The first kappa shape index (κ1) is 19.0. The minimum atomic E-state index is -4.70. The van der Waals surface area contributed by atoms with Gasteiger partial charge >= 0.3 is 12.3 Å². The van der Waals surface area contributed by atoms with Crippen molar-refractivity contribution in [1.82, 2.24) is 0 Å². The van der Waals surface area contributed by atoms with Gasteiger partial charge in [-0.25, -0.2) is 0 Å². The highest BCUT2D eigenvalue weighted by atomic mass is 19.4. The highest BCUT2D eigenvalue weighted by Crippen LogP contribution is 2.60. The lowest BCUT2D eigenvalue weighted by molar-refractivity contribution is -0.274. The lowest BCUT2D eigenvalue weighted by Crippen LogP contribution is -2.26. The predicted molar refractivity (Wildman–Crippen MR) is 87.6 cm³/mol. The van der Waals surface area contributed by atoms with Crippen LogP contribution in [-0.4, -0.2) is 23.0 Å². The van der Waals surface area contributed by atoms with Gasteiger partial charge < -0.3 is 14.6 Å². The maximum absolute atomic E-state index is 12.3. The molecule has 0 saturated heterocycles. The minimum Gasteiger partial charge on any atom is -0.481 e. The summed E-state index contributed by atoms with van der Waals surface area (Å²) in [6.07, 6.45) is 1.91. The molecule has 1 N–H and O–H groups in total. The molecule has 2 fully saturated rings. The molecule has 2 aliphatic carbocycles. The van der Waals surface area contributed by atoms with E-state index >= 15 is 0 Å². The number of aliphatic carboxylic acids is 1. The molecule has 0 aromatic heterocycles. The maximum atomic E-state index is 12.3. The standard InChI is InChI=1S/C19H23F3O4/c20-19(21,22)26-15-4-1-3-14(11-15)12-25-18-9-7-17(13-18,8-10-18)6-2-5-16(23)24/h1,3-4,11H,2,5-10,12-13H2,(H,23,24). The molecular formula is C19H23F3O4. The third-order valence-electron chi connectivity index (χ3n) is 5.69. The SMILES string of the molecule is O=C(O)CCCC12CCC(OCc3cccc(OC(F)(F)F)c3)(CC1)C2. The number of benzene rings is 1. The number of halogens is 3. The first-order valence-electron chi connectivity index (χ1n) is 8.90. The van der Waals surface area contributed by atoms with E-state index in [2.05, 4.69) is 4.74 Å². The van der Waals surface area contributed by atoms with Gasteiger partial charge in [-0.2, -0.15) is 0 Å². The van der Waals surface area contributed by atoms with Crippen LogP contribution >= 0.6 is 0 Å². The molecule has 0 aliphatic heterocycles. The number of ether oxygens (including phenoxy) is 2. The van der Waals surface area contributed by atoms with Crippen molar-refractivity contribution in [3.63, 3.8) is 0 Å². The highest BCUT2D eigenvalue weighted by molar-refractivity contribution is 5.66. The summed E-state index contributed by atoms with van der Waals surface area (Å²) in [5.74, 6) is -1.00. The van der Waals surface area contributed by atoms with Crippen molar-refractivity contribution < 1.29 is 32.5 Å². The van der Waals surface area contributed by atoms with E-state index in [-0.39, 0.29) is 29.8 Å². The van der Waals surface area contributed by atoms with E-state index in [0.29, 0.717) is 12.0 Å². The van der Waals surface area contributed by atoms with Crippen LogP contribution in [0.1, 0.15) is 56.9 Å². The van der Waals surface area contributed by atoms with Crippen LogP contribution in [0, 0.1) is 5.41 Å². The monoisotopic (exact) mass is 372 g/mol. The second kappa shape index (κ2) is 7.10. The van der Waals surface area contributed by atoms with E-state index in [1.165, 1.54) is 18.2 Å². The lowest BCUT2D eigenvalue weighted by atomic mass is 9.80. The topological polar surface area (TPSA) is 55.8 Å². The number of hydrogen-bond donors (Lipinski definition) is 1. The molecule has 3 rings (SSSR count). The fourth-order valence-electron chi connectivity index (χ4n) is 4.49. The molecule has 0 unspecified atom stereocenters. The summed E-state index contributed by atoms with van der Waals surface area (Å²) in [6, 6.07) is 5.88. The molecule has 0 spiro atoms. The van der Waals surface area contributed by atoms with Gasteiger partial charge in [0.1, 0.15) is 5.75 Å². The largest absolute Gasteiger partial charge is 0.573 e. The summed E-state index contributed by atoms with van der Waals surface area (Å²) >= 11 is 0. The fourth-order valence-corrected chi connectivity index (χ4v) is 4.49. The Morgan fingerprint density at radius 3 is 2.58 bits per heavy atom. The summed E-state index contributed by atoms with van der Waals surface area (Å²) in [4.78, 5) is 10.7. The molecule has 4 nitrogen and oxygen atoms in total. The van der Waals surface area contributed by atoms with Crippen molar-refractivity contribution in [2.45, 2.75) is 69.9 Å². The summed E-state index contributed by atoms with van der Waals surface area (Å²) in [6.45, 7) is 0.250. The molecule has 0 heterocycles. The molecule has 0 atom stereocenters. The van der Waals surface area contributed by atoms with Crippen LogP contribution in [-0.2, 0) is 16.1 Å². The van der Waals surface area contributed by atoms with Gasteiger partial charge in [-0.1, -0.05) is 12.1 Å². The van der Waals surface area contributed by atoms with Crippen LogP contribution in [0.5, 0.6) is 5.75 Å². The molecule has 1 aromatic carbocycles. The van der Waals surface area contributed by atoms with Gasteiger partial charge in [0, 0.05) is 6.42 Å². The van der Waals surface area contributed by atoms with Gasteiger partial charge in [0.05, 0.1) is 12.2 Å². The van der Waals surface area contributed by atoms with Crippen LogP contribution in [0.2, 0.25) is 0 Å². The first-order valence-corrected chi connectivity index (χ1v) is 8.90. The summed E-state index contributed by atoms with van der Waals surface area (Å²) in [7, 11) is 0. The average Bonchev–Trinajstić information content (AvgIpc) is 3.08. The fraction of sp³-hybridized carbons (Fsp3) is 0.632. The smallest absolute Gasteiger partial charge is 0.481 e. The van der Waals surface area contributed by atoms with Crippen molar-refractivity contribution in [3.8, 4) is 5.75 Å². The molecule has 0 amide bonds. The van der Waals surface area contributed by atoms with Crippen molar-refractivity contribution in [2.75, 3.05) is 0 Å². The van der Waals surface area contributed by atoms with Gasteiger partial charge in [0.25, 0.3) is 0 Å². The van der Waals surface area contributed by atoms with Gasteiger partial charge in [0.2, 0.25) is 0 Å². The Kier molecular flexibility index (Phi) is 5.19. The van der Waals surface area contributed by atoms with Crippen LogP contribution in [0.25, 0.3) is 0 Å². The first-order chi connectivity index (χ1) is 12.2. The highest BCUT2D eigenvalue weighted by Gasteiger charge is 2.54. The third kappa shape index (κ3) is 4.69. The molecule has 1 aromatic rings. The number of alkyl halides is 3. The summed E-state index contributed by atoms with van der Waals surface area (Å²) in [5, 5.41) is 8.80. The lowest BCUT2D eigenvalue weighted by Gasteiger charge is -2.28.